The summed E-state index contributed by atoms with van der Waals surface area (Å²) in [5, 5.41) is 12.2. The van der Waals surface area contributed by atoms with Crippen LogP contribution in [-0.2, 0) is 5.60 Å². The van der Waals surface area contributed by atoms with Crippen LogP contribution in [0.4, 0.5) is 18.9 Å². The number of hydrogen-bond donors (Lipinski definition) is 1. The predicted molar refractivity (Wildman–Crippen MR) is 97.6 cm³/mol. The highest BCUT2D eigenvalue weighted by Crippen LogP contribution is 2.49. The van der Waals surface area contributed by atoms with Gasteiger partial charge in [0, 0.05) is 25.2 Å². The van der Waals surface area contributed by atoms with Gasteiger partial charge in [-0.15, -0.1) is 11.3 Å². The Bertz CT molecular complexity index is 775. The average Bonchev–Trinajstić information content (AvgIpc) is 3.13. The second-order valence-electron chi connectivity index (χ2n) is 5.84. The van der Waals surface area contributed by atoms with Crippen molar-refractivity contribution in [2.45, 2.75) is 25.6 Å². The van der Waals surface area contributed by atoms with Gasteiger partial charge in [0.25, 0.3) is 0 Å². The van der Waals surface area contributed by atoms with Crippen molar-refractivity contribution in [2.75, 3.05) is 20.7 Å². The van der Waals surface area contributed by atoms with E-state index in [-0.39, 0.29) is 16.2 Å². The van der Waals surface area contributed by atoms with Crippen LogP contribution in [0.1, 0.15) is 22.9 Å². The molecule has 0 radical (unpaired) electrons. The number of aryl methyl sites for hydroxylation is 1. The topological polar surface area (TPSA) is 45.1 Å². The molecule has 4 nitrogen and oxygen atoms in total. The van der Waals surface area contributed by atoms with Crippen molar-refractivity contribution in [2.24, 2.45) is 4.99 Å². The van der Waals surface area contributed by atoms with E-state index in [1.165, 1.54) is 36.8 Å². The molecule has 1 heterocycles. The first-order chi connectivity index (χ1) is 12.1. The summed E-state index contributed by atoms with van der Waals surface area (Å²) in [4.78, 5) is 5.91. The third kappa shape index (κ3) is 3.71. The van der Waals surface area contributed by atoms with Crippen molar-refractivity contribution in [3.8, 4) is 5.75 Å². The lowest BCUT2D eigenvalue weighted by molar-refractivity contribution is -0.247. The normalized spacial score (nSPS) is 14.5. The molecule has 142 valence electrons. The third-order valence-corrected chi connectivity index (χ3v) is 5.07. The molecule has 1 aromatic carbocycles. The number of halogens is 3. The molecule has 0 spiro atoms. The van der Waals surface area contributed by atoms with Gasteiger partial charge in [-0.25, -0.2) is 4.99 Å². The minimum atomic E-state index is -4.91. The summed E-state index contributed by atoms with van der Waals surface area (Å²) < 4.78 is 46.8. The molecule has 1 aromatic heterocycles. The van der Waals surface area contributed by atoms with E-state index in [0.717, 1.165) is 17.9 Å². The molecule has 1 N–H and O–H groups in total. The van der Waals surface area contributed by atoms with Crippen molar-refractivity contribution in [3.63, 3.8) is 0 Å². The number of alkyl halides is 3. The van der Waals surface area contributed by atoms with Gasteiger partial charge in [-0.2, -0.15) is 13.2 Å². The minimum absolute atomic E-state index is 0.0740. The average molecular weight is 386 g/mol. The number of nitrogens with zero attached hydrogens (tertiary/aromatic N) is 2. The van der Waals surface area contributed by atoms with Gasteiger partial charge in [0.1, 0.15) is 5.75 Å². The summed E-state index contributed by atoms with van der Waals surface area (Å²) in [6.45, 7) is 4.34. The fourth-order valence-corrected chi connectivity index (χ4v) is 3.28. The van der Waals surface area contributed by atoms with Crippen molar-refractivity contribution in [1.82, 2.24) is 4.90 Å². The van der Waals surface area contributed by atoms with E-state index in [4.69, 9.17) is 4.74 Å². The SMILES string of the molecule is CCN(C)C=Nc1cc(OC)c(C(O)(c2cccs2)C(F)(F)F)cc1C. The van der Waals surface area contributed by atoms with E-state index in [1.807, 2.05) is 18.9 Å². The van der Waals surface area contributed by atoms with Crippen LogP contribution in [-0.4, -0.2) is 43.2 Å². The van der Waals surface area contributed by atoms with Gasteiger partial charge < -0.3 is 14.7 Å². The third-order valence-electron chi connectivity index (χ3n) is 4.09. The summed E-state index contributed by atoms with van der Waals surface area (Å²) in [6.07, 6.45) is -3.32. The Labute approximate surface area is 154 Å². The molecule has 1 atom stereocenters. The summed E-state index contributed by atoms with van der Waals surface area (Å²) in [7, 11) is 3.11. The Morgan fingerprint density at radius 3 is 2.54 bits per heavy atom. The number of rotatable bonds is 6. The van der Waals surface area contributed by atoms with Crippen LogP contribution in [0.2, 0.25) is 0 Å². The van der Waals surface area contributed by atoms with Gasteiger partial charge >= 0.3 is 6.18 Å². The van der Waals surface area contributed by atoms with Crippen LogP contribution in [0.15, 0.2) is 34.6 Å². The smallest absolute Gasteiger partial charge is 0.426 e. The van der Waals surface area contributed by atoms with Crippen molar-refractivity contribution in [3.05, 3.63) is 45.6 Å². The molecule has 26 heavy (non-hydrogen) atoms. The molecule has 0 amide bonds. The van der Waals surface area contributed by atoms with E-state index in [1.54, 1.807) is 13.3 Å². The highest BCUT2D eigenvalue weighted by molar-refractivity contribution is 7.10. The number of thiophene rings is 1. The number of ether oxygens (including phenoxy) is 1. The monoisotopic (exact) mass is 386 g/mol. The Balaban J connectivity index is 2.64. The molecule has 0 fully saturated rings. The van der Waals surface area contributed by atoms with Gasteiger partial charge in [-0.1, -0.05) is 6.07 Å². The zero-order chi connectivity index (χ0) is 19.5. The molecule has 2 rings (SSSR count). The molecule has 8 heteroatoms. The number of aliphatic imine (C=N–C) groups is 1. The lowest BCUT2D eigenvalue weighted by Gasteiger charge is -2.31. The van der Waals surface area contributed by atoms with E-state index < -0.39 is 11.8 Å². The van der Waals surface area contributed by atoms with Crippen LogP contribution < -0.4 is 4.74 Å². The molecule has 1 unspecified atom stereocenters. The van der Waals surface area contributed by atoms with Gasteiger partial charge in [0.05, 0.1) is 24.0 Å². The van der Waals surface area contributed by atoms with Crippen molar-refractivity contribution < 1.29 is 23.0 Å². The molecular formula is C18H21F3N2O2S. The largest absolute Gasteiger partial charge is 0.496 e. The van der Waals surface area contributed by atoms with E-state index in [9.17, 15) is 18.3 Å². The lowest BCUT2D eigenvalue weighted by Crippen LogP contribution is -2.43. The molecule has 0 saturated carbocycles. The Kier molecular flexibility index (Phi) is 5.98. The fourth-order valence-electron chi connectivity index (χ4n) is 2.42. The standard InChI is InChI=1S/C18H21F3N2O2S/c1-5-23(3)11-22-14-10-15(25-4)13(9-12(14)2)17(24,18(19,20)21)16-7-6-8-26-16/h6-11,24H,5H2,1-4H3. The number of hydrogen-bond acceptors (Lipinski definition) is 4. The first kappa shape index (κ1) is 20.3. The maximum atomic E-state index is 13.9. The summed E-state index contributed by atoms with van der Waals surface area (Å²) >= 11 is 0.836. The molecular weight excluding hydrogens is 365 g/mol. The highest BCUT2D eigenvalue weighted by Gasteiger charge is 2.58. The van der Waals surface area contributed by atoms with E-state index in [2.05, 4.69) is 4.99 Å². The molecule has 0 saturated heterocycles. The Morgan fingerprint density at radius 1 is 1.35 bits per heavy atom. The molecule has 0 aliphatic rings. The van der Waals surface area contributed by atoms with Gasteiger partial charge in [0.2, 0.25) is 5.60 Å². The summed E-state index contributed by atoms with van der Waals surface area (Å²) in [6, 6.07) is 5.42. The van der Waals surface area contributed by atoms with Gasteiger partial charge in [-0.3, -0.25) is 0 Å². The number of benzene rings is 1. The van der Waals surface area contributed by atoms with Crippen LogP contribution in [0.3, 0.4) is 0 Å². The van der Waals surface area contributed by atoms with E-state index in [0.29, 0.717) is 11.3 Å². The quantitative estimate of drug-likeness (QED) is 0.588. The van der Waals surface area contributed by atoms with Crippen molar-refractivity contribution in [1.29, 1.82) is 0 Å². The maximum Gasteiger partial charge on any atom is 0.426 e. The molecule has 0 aliphatic carbocycles. The van der Waals surface area contributed by atoms with Gasteiger partial charge in [-0.05, 0) is 36.9 Å². The molecule has 0 aliphatic heterocycles. The van der Waals surface area contributed by atoms with E-state index >= 15 is 0 Å². The zero-order valence-electron chi connectivity index (χ0n) is 15.0. The first-order valence-electron chi connectivity index (χ1n) is 7.91. The molecule has 0 bridgehead atoms. The fraction of sp³-hybridized carbons (Fsp3) is 0.389. The number of methoxy groups -OCH3 is 1. The lowest BCUT2D eigenvalue weighted by atomic mass is 9.89. The van der Waals surface area contributed by atoms with Crippen molar-refractivity contribution >= 4 is 23.4 Å². The first-order valence-corrected chi connectivity index (χ1v) is 8.79. The second-order valence-corrected chi connectivity index (χ2v) is 6.79. The zero-order valence-corrected chi connectivity index (χ0v) is 15.8. The molecule has 2 aromatic rings. The highest BCUT2D eigenvalue weighted by atomic mass is 32.1. The Hall–Kier alpha value is -2.06. The summed E-state index contributed by atoms with van der Waals surface area (Å²) in [5.41, 5.74) is -2.53. The van der Waals surface area contributed by atoms with Crippen LogP contribution in [0.5, 0.6) is 5.75 Å². The van der Waals surface area contributed by atoms with Crippen LogP contribution >= 0.6 is 11.3 Å². The maximum absolute atomic E-state index is 13.9. The van der Waals surface area contributed by atoms with Gasteiger partial charge in [0.15, 0.2) is 0 Å². The summed E-state index contributed by atoms with van der Waals surface area (Å²) in [5.74, 6) is -0.0740. The predicted octanol–water partition coefficient (Wildman–Crippen LogP) is 4.47. The van der Waals surface area contributed by atoms with Crippen LogP contribution in [0, 0.1) is 6.92 Å². The minimum Gasteiger partial charge on any atom is -0.496 e. The second kappa shape index (κ2) is 7.67. The Morgan fingerprint density at radius 2 is 2.04 bits per heavy atom. The number of aliphatic hydroxyl groups is 1. The van der Waals surface area contributed by atoms with Crippen LogP contribution in [0.25, 0.3) is 0 Å².